The van der Waals surface area contributed by atoms with Crippen molar-refractivity contribution in [1.82, 2.24) is 4.90 Å². The summed E-state index contributed by atoms with van der Waals surface area (Å²) in [6.07, 6.45) is 14.3. The van der Waals surface area contributed by atoms with Crippen LogP contribution in [0.2, 0.25) is 0 Å². The molecule has 152 valence electrons. The highest BCUT2D eigenvalue weighted by Gasteiger charge is 2.15. The first kappa shape index (κ1) is 24.8. The fourth-order valence-corrected chi connectivity index (χ4v) is 3.25. The van der Waals surface area contributed by atoms with Crippen molar-refractivity contribution in [3.8, 4) is 0 Å². The molecule has 0 aliphatic carbocycles. The highest BCUT2D eigenvalue weighted by atomic mass is 16.5. The third-order valence-corrected chi connectivity index (χ3v) is 4.77. The van der Waals surface area contributed by atoms with Crippen LogP contribution < -0.4 is 0 Å². The fraction of sp³-hybridized carbons (Fsp3) is 1.00. The third kappa shape index (κ3) is 15.8. The first-order valence-electron chi connectivity index (χ1n) is 10.7. The highest BCUT2D eigenvalue weighted by molar-refractivity contribution is 4.62. The van der Waals surface area contributed by atoms with Crippen molar-refractivity contribution < 1.29 is 14.9 Å². The Balaban J connectivity index is 3.49. The molecule has 0 radical (unpaired) electrons. The Hall–Kier alpha value is -0.160. The van der Waals surface area contributed by atoms with E-state index in [1.54, 1.807) is 0 Å². The Morgan fingerprint density at radius 1 is 0.760 bits per heavy atom. The van der Waals surface area contributed by atoms with Crippen LogP contribution >= 0.6 is 0 Å². The lowest BCUT2D eigenvalue weighted by atomic mass is 10.0. The van der Waals surface area contributed by atoms with Crippen molar-refractivity contribution in [3.63, 3.8) is 0 Å². The molecule has 4 nitrogen and oxygen atoms in total. The Kier molecular flexibility index (Phi) is 18.5. The first-order chi connectivity index (χ1) is 12.2. The van der Waals surface area contributed by atoms with Gasteiger partial charge >= 0.3 is 0 Å². The zero-order chi connectivity index (χ0) is 18.8. The summed E-state index contributed by atoms with van der Waals surface area (Å²) < 4.78 is 5.95. The van der Waals surface area contributed by atoms with Crippen molar-refractivity contribution in [1.29, 1.82) is 0 Å². The maximum absolute atomic E-state index is 9.11. The molecule has 1 unspecified atom stereocenters. The number of unbranched alkanes of at least 4 members (excludes halogenated alkanes) is 8. The molecule has 0 aromatic heterocycles. The zero-order valence-corrected chi connectivity index (χ0v) is 17.2. The van der Waals surface area contributed by atoms with E-state index in [2.05, 4.69) is 20.8 Å². The van der Waals surface area contributed by atoms with Crippen LogP contribution in [0.5, 0.6) is 0 Å². The topological polar surface area (TPSA) is 52.9 Å². The molecule has 0 fully saturated rings. The molecule has 2 N–H and O–H groups in total. The second-order valence-corrected chi connectivity index (χ2v) is 7.58. The lowest BCUT2D eigenvalue weighted by Crippen LogP contribution is -2.40. The summed E-state index contributed by atoms with van der Waals surface area (Å²) in [7, 11) is 0. The van der Waals surface area contributed by atoms with Crippen LogP contribution in [0.3, 0.4) is 0 Å². The van der Waals surface area contributed by atoms with Crippen LogP contribution in [0.15, 0.2) is 0 Å². The van der Waals surface area contributed by atoms with E-state index in [1.165, 1.54) is 57.8 Å². The van der Waals surface area contributed by atoms with Crippen molar-refractivity contribution >= 4 is 0 Å². The summed E-state index contributed by atoms with van der Waals surface area (Å²) in [5.41, 5.74) is 0. The van der Waals surface area contributed by atoms with E-state index >= 15 is 0 Å². The normalized spacial score (nSPS) is 13.1. The van der Waals surface area contributed by atoms with Gasteiger partial charge in [-0.05, 0) is 18.8 Å². The Bertz CT molecular complexity index is 256. The average molecular weight is 360 g/mol. The van der Waals surface area contributed by atoms with Crippen molar-refractivity contribution in [2.24, 2.45) is 5.92 Å². The van der Waals surface area contributed by atoms with E-state index in [0.29, 0.717) is 13.1 Å². The zero-order valence-electron chi connectivity index (χ0n) is 17.2. The maximum atomic E-state index is 9.11. The predicted octanol–water partition coefficient (Wildman–Crippen LogP) is 4.58. The maximum Gasteiger partial charge on any atom is 0.110 e. The van der Waals surface area contributed by atoms with Gasteiger partial charge in [-0.3, -0.25) is 4.90 Å². The molecule has 4 heteroatoms. The molecule has 0 aromatic carbocycles. The summed E-state index contributed by atoms with van der Waals surface area (Å²) in [5, 5.41) is 18.2. The van der Waals surface area contributed by atoms with Crippen molar-refractivity contribution in [2.45, 2.75) is 97.6 Å². The molecule has 0 aliphatic rings. The molecule has 0 aliphatic heterocycles. The molecular weight excluding hydrogens is 314 g/mol. The molecule has 0 spiro atoms. The summed E-state index contributed by atoms with van der Waals surface area (Å²) in [6.45, 7) is 8.84. The van der Waals surface area contributed by atoms with E-state index in [4.69, 9.17) is 14.9 Å². The van der Waals surface area contributed by atoms with Crippen LogP contribution in [0.1, 0.15) is 91.4 Å². The lowest BCUT2D eigenvalue weighted by molar-refractivity contribution is -0.0718. The lowest BCUT2D eigenvalue weighted by Gasteiger charge is -2.29. The molecule has 0 saturated carbocycles. The van der Waals surface area contributed by atoms with Gasteiger partial charge in [-0.2, -0.15) is 0 Å². The Morgan fingerprint density at radius 3 is 1.68 bits per heavy atom. The highest BCUT2D eigenvalue weighted by Crippen LogP contribution is 2.13. The predicted molar refractivity (Wildman–Crippen MR) is 107 cm³/mol. The minimum absolute atomic E-state index is 0.0186. The standard InChI is InChI=1S/C21H45NO3/c1-4-21(22(15-17-23)16-18-24)25-19-13-11-9-7-5-6-8-10-12-14-20(2)3/h20-21,23-24H,4-19H2,1-3H3. The first-order valence-corrected chi connectivity index (χ1v) is 10.7. The molecule has 0 rings (SSSR count). The van der Waals surface area contributed by atoms with Gasteiger partial charge in [-0.15, -0.1) is 0 Å². The van der Waals surface area contributed by atoms with E-state index in [9.17, 15) is 0 Å². The third-order valence-electron chi connectivity index (χ3n) is 4.77. The smallest absolute Gasteiger partial charge is 0.110 e. The number of aliphatic hydroxyl groups excluding tert-OH is 2. The number of aliphatic hydroxyl groups is 2. The van der Waals surface area contributed by atoms with Gasteiger partial charge in [-0.25, -0.2) is 0 Å². The number of ether oxygens (including phenoxy) is 1. The van der Waals surface area contributed by atoms with Gasteiger partial charge in [0.2, 0.25) is 0 Å². The number of nitrogens with zero attached hydrogens (tertiary/aromatic N) is 1. The fourth-order valence-electron chi connectivity index (χ4n) is 3.25. The molecule has 25 heavy (non-hydrogen) atoms. The molecule has 0 amide bonds. The largest absolute Gasteiger partial charge is 0.395 e. The Morgan fingerprint density at radius 2 is 1.24 bits per heavy atom. The molecule has 0 aromatic rings. The van der Waals surface area contributed by atoms with E-state index in [0.717, 1.165) is 25.4 Å². The monoisotopic (exact) mass is 359 g/mol. The van der Waals surface area contributed by atoms with E-state index in [-0.39, 0.29) is 19.4 Å². The average Bonchev–Trinajstić information content (AvgIpc) is 2.59. The van der Waals surface area contributed by atoms with Crippen molar-refractivity contribution in [2.75, 3.05) is 32.9 Å². The minimum Gasteiger partial charge on any atom is -0.395 e. The van der Waals surface area contributed by atoms with Crippen LogP contribution in [-0.4, -0.2) is 54.3 Å². The summed E-state index contributed by atoms with van der Waals surface area (Å²) in [6, 6.07) is 0. The van der Waals surface area contributed by atoms with Crippen LogP contribution in [-0.2, 0) is 4.74 Å². The molecule has 0 heterocycles. The van der Waals surface area contributed by atoms with Crippen LogP contribution in [0, 0.1) is 5.92 Å². The van der Waals surface area contributed by atoms with Gasteiger partial charge in [0.05, 0.1) is 13.2 Å². The van der Waals surface area contributed by atoms with Gasteiger partial charge in [0.15, 0.2) is 0 Å². The second-order valence-electron chi connectivity index (χ2n) is 7.58. The van der Waals surface area contributed by atoms with Crippen molar-refractivity contribution in [3.05, 3.63) is 0 Å². The minimum atomic E-state index is 0.0186. The number of rotatable bonds is 19. The SMILES string of the molecule is CCC(OCCCCCCCCCCCC(C)C)N(CCO)CCO. The van der Waals surface area contributed by atoms with Gasteiger partial charge in [0.25, 0.3) is 0 Å². The van der Waals surface area contributed by atoms with E-state index < -0.39 is 0 Å². The summed E-state index contributed by atoms with van der Waals surface area (Å²) in [4.78, 5) is 2.03. The second kappa shape index (κ2) is 18.6. The van der Waals surface area contributed by atoms with Gasteiger partial charge in [0, 0.05) is 19.7 Å². The number of hydrogen-bond donors (Lipinski definition) is 2. The Labute approximate surface area is 156 Å². The summed E-state index contributed by atoms with van der Waals surface area (Å²) >= 11 is 0. The quantitative estimate of drug-likeness (QED) is 0.262. The molecule has 1 atom stereocenters. The molecular formula is C21H45NO3. The molecule has 0 bridgehead atoms. The molecule has 0 saturated heterocycles. The summed E-state index contributed by atoms with van der Waals surface area (Å²) in [5.74, 6) is 0.855. The van der Waals surface area contributed by atoms with Gasteiger partial charge in [0.1, 0.15) is 6.23 Å². The van der Waals surface area contributed by atoms with Gasteiger partial charge in [-0.1, -0.05) is 78.6 Å². The van der Waals surface area contributed by atoms with Crippen LogP contribution in [0.4, 0.5) is 0 Å². The van der Waals surface area contributed by atoms with E-state index in [1.807, 2.05) is 4.90 Å². The van der Waals surface area contributed by atoms with Crippen LogP contribution in [0.25, 0.3) is 0 Å². The van der Waals surface area contributed by atoms with Gasteiger partial charge < -0.3 is 14.9 Å². The number of hydrogen-bond acceptors (Lipinski definition) is 4.